The molecule has 2 rings (SSSR count). The first kappa shape index (κ1) is 9.89. The fraction of sp³-hybridized carbons (Fsp3) is 0.500. The van der Waals surface area contributed by atoms with Crippen LogP contribution in [-0.2, 0) is 16.6 Å². The summed E-state index contributed by atoms with van der Waals surface area (Å²) in [6.07, 6.45) is 2.63. The first-order valence-electron chi connectivity index (χ1n) is 4.89. The highest BCUT2D eigenvalue weighted by Gasteiger charge is 2.28. The number of aromatic nitrogens is 2. The Kier molecular flexibility index (Phi) is 2.30. The number of hydrogen-bond donors (Lipinski definition) is 1. The SMILES string of the molecule is Cc1nn(C)cc1C1CC(=O)NC(=O)C1. The van der Waals surface area contributed by atoms with Crippen molar-refractivity contribution in [2.24, 2.45) is 7.05 Å². The molecule has 2 heterocycles. The van der Waals surface area contributed by atoms with Gasteiger partial charge in [0.25, 0.3) is 0 Å². The van der Waals surface area contributed by atoms with Crippen LogP contribution in [0.2, 0.25) is 0 Å². The zero-order valence-corrected chi connectivity index (χ0v) is 8.78. The van der Waals surface area contributed by atoms with Crippen LogP contribution in [0.1, 0.15) is 30.0 Å². The average molecular weight is 207 g/mol. The maximum atomic E-state index is 11.2. The molecule has 0 unspecified atom stereocenters. The Balaban J connectivity index is 2.27. The highest BCUT2D eigenvalue weighted by atomic mass is 16.2. The van der Waals surface area contributed by atoms with Gasteiger partial charge in [0.1, 0.15) is 0 Å². The molecule has 0 aliphatic carbocycles. The zero-order valence-electron chi connectivity index (χ0n) is 8.78. The molecule has 0 radical (unpaired) electrons. The molecule has 0 bridgehead atoms. The molecule has 5 nitrogen and oxygen atoms in total. The van der Waals surface area contributed by atoms with Crippen molar-refractivity contribution in [2.45, 2.75) is 25.7 Å². The molecule has 5 heteroatoms. The predicted molar refractivity (Wildman–Crippen MR) is 53.1 cm³/mol. The minimum atomic E-state index is -0.195. The van der Waals surface area contributed by atoms with Gasteiger partial charge in [-0.1, -0.05) is 0 Å². The molecule has 0 atom stereocenters. The number of nitrogens with zero attached hydrogens (tertiary/aromatic N) is 2. The van der Waals surface area contributed by atoms with Gasteiger partial charge in [-0.2, -0.15) is 5.10 Å². The van der Waals surface area contributed by atoms with Crippen molar-refractivity contribution in [1.82, 2.24) is 15.1 Å². The molecule has 80 valence electrons. The van der Waals surface area contributed by atoms with Crippen LogP contribution in [0.4, 0.5) is 0 Å². The molecule has 1 aliphatic rings. The molecule has 1 fully saturated rings. The topological polar surface area (TPSA) is 64.0 Å². The van der Waals surface area contributed by atoms with Crippen LogP contribution in [0.3, 0.4) is 0 Å². The number of aryl methyl sites for hydroxylation is 2. The van der Waals surface area contributed by atoms with E-state index < -0.39 is 0 Å². The van der Waals surface area contributed by atoms with Crippen LogP contribution in [0.15, 0.2) is 6.20 Å². The van der Waals surface area contributed by atoms with Crippen LogP contribution in [-0.4, -0.2) is 21.6 Å². The number of imide groups is 1. The van der Waals surface area contributed by atoms with E-state index in [9.17, 15) is 9.59 Å². The second-order valence-corrected chi connectivity index (χ2v) is 3.92. The zero-order chi connectivity index (χ0) is 11.0. The molecule has 1 aromatic heterocycles. The summed E-state index contributed by atoms with van der Waals surface area (Å²) in [7, 11) is 1.83. The van der Waals surface area contributed by atoms with Crippen LogP contribution >= 0.6 is 0 Å². The molecule has 1 saturated heterocycles. The quantitative estimate of drug-likeness (QED) is 0.671. The Morgan fingerprint density at radius 3 is 2.47 bits per heavy atom. The number of carbonyl (C=O) groups excluding carboxylic acids is 2. The van der Waals surface area contributed by atoms with E-state index in [-0.39, 0.29) is 17.7 Å². The maximum absolute atomic E-state index is 11.2. The third-order valence-corrected chi connectivity index (χ3v) is 2.63. The lowest BCUT2D eigenvalue weighted by atomic mass is 9.90. The minimum Gasteiger partial charge on any atom is -0.296 e. The lowest BCUT2D eigenvalue weighted by molar-refractivity contribution is -0.133. The van der Waals surface area contributed by atoms with Gasteiger partial charge in [-0.3, -0.25) is 19.6 Å². The number of nitrogens with one attached hydrogen (secondary N) is 1. The lowest BCUT2D eigenvalue weighted by Gasteiger charge is -2.20. The summed E-state index contributed by atoms with van der Waals surface area (Å²) in [4.78, 5) is 22.4. The summed E-state index contributed by atoms with van der Waals surface area (Å²) in [5.41, 5.74) is 1.89. The molecular formula is C10H13N3O2. The number of hydrogen-bond acceptors (Lipinski definition) is 3. The van der Waals surface area contributed by atoms with Gasteiger partial charge in [0, 0.05) is 32.0 Å². The van der Waals surface area contributed by atoms with Gasteiger partial charge in [0.2, 0.25) is 11.8 Å². The van der Waals surface area contributed by atoms with Crippen molar-refractivity contribution < 1.29 is 9.59 Å². The van der Waals surface area contributed by atoms with E-state index in [1.165, 1.54) is 0 Å². The molecule has 2 amide bonds. The van der Waals surface area contributed by atoms with E-state index in [0.29, 0.717) is 12.8 Å². The highest BCUT2D eigenvalue weighted by molar-refractivity contribution is 5.98. The third kappa shape index (κ3) is 1.91. The maximum Gasteiger partial charge on any atom is 0.227 e. The second-order valence-electron chi connectivity index (χ2n) is 3.92. The number of rotatable bonds is 1. The fourth-order valence-electron chi connectivity index (χ4n) is 2.02. The highest BCUT2D eigenvalue weighted by Crippen LogP contribution is 2.27. The lowest BCUT2D eigenvalue weighted by Crippen LogP contribution is -2.37. The minimum absolute atomic E-state index is 0.0139. The van der Waals surface area contributed by atoms with Gasteiger partial charge < -0.3 is 0 Å². The largest absolute Gasteiger partial charge is 0.296 e. The van der Waals surface area contributed by atoms with Gasteiger partial charge in [-0.05, 0) is 12.5 Å². The van der Waals surface area contributed by atoms with Crippen LogP contribution in [0, 0.1) is 6.92 Å². The molecule has 0 aromatic carbocycles. The van der Waals surface area contributed by atoms with Crippen molar-refractivity contribution >= 4 is 11.8 Å². The predicted octanol–water partition coefficient (Wildman–Crippen LogP) is 0.249. The first-order chi connectivity index (χ1) is 7.06. The number of piperidine rings is 1. The van der Waals surface area contributed by atoms with Crippen LogP contribution in [0.5, 0.6) is 0 Å². The normalized spacial score (nSPS) is 18.0. The van der Waals surface area contributed by atoms with E-state index in [2.05, 4.69) is 10.4 Å². The van der Waals surface area contributed by atoms with Crippen molar-refractivity contribution in [2.75, 3.05) is 0 Å². The number of carbonyl (C=O) groups is 2. The molecule has 15 heavy (non-hydrogen) atoms. The summed E-state index contributed by atoms with van der Waals surface area (Å²) in [5.74, 6) is -0.404. The number of amides is 2. The van der Waals surface area contributed by atoms with Gasteiger partial charge in [-0.25, -0.2) is 0 Å². The molecule has 0 saturated carbocycles. The first-order valence-corrected chi connectivity index (χ1v) is 4.89. The van der Waals surface area contributed by atoms with Gasteiger partial charge in [0.05, 0.1) is 5.69 Å². The summed E-state index contributed by atoms with van der Waals surface area (Å²) in [5, 5.41) is 6.51. The fourth-order valence-corrected chi connectivity index (χ4v) is 2.02. The second kappa shape index (κ2) is 3.49. The Hall–Kier alpha value is -1.65. The molecule has 1 aromatic rings. The van der Waals surface area contributed by atoms with E-state index in [0.717, 1.165) is 11.3 Å². The smallest absolute Gasteiger partial charge is 0.227 e. The summed E-state index contributed by atoms with van der Waals surface area (Å²) >= 11 is 0. The van der Waals surface area contributed by atoms with E-state index in [1.54, 1.807) is 4.68 Å². The van der Waals surface area contributed by atoms with E-state index in [1.807, 2.05) is 20.2 Å². The standard InChI is InChI=1S/C10H13N3O2/c1-6-8(5-13(2)12-6)7-3-9(14)11-10(15)4-7/h5,7H,3-4H2,1-2H3,(H,11,14,15). The Bertz CT molecular complexity index is 406. The van der Waals surface area contributed by atoms with Crippen molar-refractivity contribution in [3.05, 3.63) is 17.5 Å². The molecule has 1 aliphatic heterocycles. The molecule has 1 N–H and O–H groups in total. The summed E-state index contributed by atoms with van der Waals surface area (Å²) in [6.45, 7) is 1.90. The third-order valence-electron chi connectivity index (χ3n) is 2.63. The van der Waals surface area contributed by atoms with Crippen LogP contribution < -0.4 is 5.32 Å². The summed E-state index contributed by atoms with van der Waals surface area (Å²) < 4.78 is 1.71. The van der Waals surface area contributed by atoms with Crippen molar-refractivity contribution in [3.63, 3.8) is 0 Å². The van der Waals surface area contributed by atoms with Crippen LogP contribution in [0.25, 0.3) is 0 Å². The van der Waals surface area contributed by atoms with Crippen molar-refractivity contribution in [1.29, 1.82) is 0 Å². The summed E-state index contributed by atoms with van der Waals surface area (Å²) in [6, 6.07) is 0. The van der Waals surface area contributed by atoms with E-state index in [4.69, 9.17) is 0 Å². The van der Waals surface area contributed by atoms with Crippen molar-refractivity contribution in [3.8, 4) is 0 Å². The molecule has 0 spiro atoms. The Morgan fingerprint density at radius 2 is 2.00 bits per heavy atom. The van der Waals surface area contributed by atoms with Gasteiger partial charge in [-0.15, -0.1) is 0 Å². The van der Waals surface area contributed by atoms with Gasteiger partial charge >= 0.3 is 0 Å². The Morgan fingerprint density at radius 1 is 1.40 bits per heavy atom. The average Bonchev–Trinajstić information content (AvgIpc) is 2.43. The van der Waals surface area contributed by atoms with Gasteiger partial charge in [0.15, 0.2) is 0 Å². The van der Waals surface area contributed by atoms with E-state index >= 15 is 0 Å². The Labute approximate surface area is 87.5 Å². The monoisotopic (exact) mass is 207 g/mol. The molecular weight excluding hydrogens is 194 g/mol.